The number of hydrogen-bond acceptors (Lipinski definition) is 5. The van der Waals surface area contributed by atoms with Crippen molar-refractivity contribution < 1.29 is 19.2 Å². The van der Waals surface area contributed by atoms with E-state index in [1.54, 1.807) is 31.2 Å². The Labute approximate surface area is 158 Å². The standard InChI is InChI=1S/C20H24N2O5/c1-4-10-26-13-16-11-15(7-9-19(16)27-5-2)20(23)21-18-12-17(22(24)25)8-6-14(18)3/h6-9,11-12H,4-5,10,13H2,1-3H3,(H,21,23). The molecule has 2 rings (SSSR count). The predicted molar refractivity (Wildman–Crippen MR) is 103 cm³/mol. The van der Waals surface area contributed by atoms with Crippen molar-refractivity contribution in [1.82, 2.24) is 0 Å². The fraction of sp³-hybridized carbons (Fsp3) is 0.350. The van der Waals surface area contributed by atoms with Crippen molar-refractivity contribution in [2.24, 2.45) is 0 Å². The lowest BCUT2D eigenvalue weighted by atomic mass is 10.1. The quantitative estimate of drug-likeness (QED) is 0.398. The molecule has 0 saturated heterocycles. The molecule has 0 fully saturated rings. The topological polar surface area (TPSA) is 90.7 Å². The molecular formula is C20H24N2O5. The first-order valence-corrected chi connectivity index (χ1v) is 8.86. The van der Waals surface area contributed by atoms with E-state index in [0.29, 0.717) is 36.8 Å². The van der Waals surface area contributed by atoms with Gasteiger partial charge in [0.2, 0.25) is 0 Å². The highest BCUT2D eigenvalue weighted by Crippen LogP contribution is 2.25. The fourth-order valence-electron chi connectivity index (χ4n) is 2.51. The molecule has 0 atom stereocenters. The summed E-state index contributed by atoms with van der Waals surface area (Å²) in [6, 6.07) is 9.50. The summed E-state index contributed by atoms with van der Waals surface area (Å²) in [5.74, 6) is 0.329. The van der Waals surface area contributed by atoms with Crippen LogP contribution in [0, 0.1) is 17.0 Å². The van der Waals surface area contributed by atoms with E-state index in [9.17, 15) is 14.9 Å². The molecule has 7 heteroatoms. The van der Waals surface area contributed by atoms with Crippen molar-refractivity contribution in [3.63, 3.8) is 0 Å². The number of nitro benzene ring substituents is 1. The zero-order valence-corrected chi connectivity index (χ0v) is 15.8. The SMILES string of the molecule is CCCOCc1cc(C(=O)Nc2cc([N+](=O)[O-])ccc2C)ccc1OCC. The second kappa shape index (κ2) is 9.68. The number of rotatable bonds is 9. The molecule has 0 aliphatic carbocycles. The van der Waals surface area contributed by atoms with Gasteiger partial charge in [-0.15, -0.1) is 0 Å². The number of nitrogens with one attached hydrogen (secondary N) is 1. The summed E-state index contributed by atoms with van der Waals surface area (Å²) in [7, 11) is 0. The van der Waals surface area contributed by atoms with Crippen LogP contribution in [0.4, 0.5) is 11.4 Å². The molecule has 0 aromatic heterocycles. The van der Waals surface area contributed by atoms with Crippen LogP contribution < -0.4 is 10.1 Å². The van der Waals surface area contributed by atoms with Crippen molar-refractivity contribution in [2.75, 3.05) is 18.5 Å². The van der Waals surface area contributed by atoms with Gasteiger partial charge < -0.3 is 14.8 Å². The van der Waals surface area contributed by atoms with Gasteiger partial charge in [0.25, 0.3) is 11.6 Å². The van der Waals surface area contributed by atoms with Crippen molar-refractivity contribution in [1.29, 1.82) is 0 Å². The van der Waals surface area contributed by atoms with Crippen molar-refractivity contribution in [2.45, 2.75) is 33.8 Å². The van der Waals surface area contributed by atoms with E-state index < -0.39 is 4.92 Å². The van der Waals surface area contributed by atoms with Crippen LogP contribution in [-0.2, 0) is 11.3 Å². The van der Waals surface area contributed by atoms with Crippen LogP contribution in [0.15, 0.2) is 36.4 Å². The van der Waals surface area contributed by atoms with Gasteiger partial charge in [0.15, 0.2) is 0 Å². The van der Waals surface area contributed by atoms with Crippen LogP contribution in [0.2, 0.25) is 0 Å². The van der Waals surface area contributed by atoms with Gasteiger partial charge >= 0.3 is 0 Å². The summed E-state index contributed by atoms with van der Waals surface area (Å²) in [5, 5.41) is 13.7. The van der Waals surface area contributed by atoms with E-state index in [4.69, 9.17) is 9.47 Å². The monoisotopic (exact) mass is 372 g/mol. The summed E-state index contributed by atoms with van der Waals surface area (Å²) in [5.41, 5.74) is 2.29. The summed E-state index contributed by atoms with van der Waals surface area (Å²) in [6.07, 6.45) is 0.899. The van der Waals surface area contributed by atoms with Crippen molar-refractivity contribution >= 4 is 17.3 Å². The number of carbonyl (C=O) groups excluding carboxylic acids is 1. The number of benzene rings is 2. The van der Waals surface area contributed by atoms with Gasteiger partial charge in [-0.2, -0.15) is 0 Å². The highest BCUT2D eigenvalue weighted by Gasteiger charge is 2.14. The van der Waals surface area contributed by atoms with Crippen LogP contribution >= 0.6 is 0 Å². The number of amides is 1. The molecule has 0 bridgehead atoms. The lowest BCUT2D eigenvalue weighted by Crippen LogP contribution is -2.14. The first-order valence-electron chi connectivity index (χ1n) is 8.86. The summed E-state index contributed by atoms with van der Waals surface area (Å²) in [4.78, 5) is 23.1. The molecule has 7 nitrogen and oxygen atoms in total. The number of nitro groups is 1. The van der Waals surface area contributed by atoms with E-state index in [0.717, 1.165) is 17.5 Å². The Bertz CT molecular complexity index is 820. The molecule has 1 amide bonds. The smallest absolute Gasteiger partial charge is 0.271 e. The van der Waals surface area contributed by atoms with E-state index in [1.165, 1.54) is 12.1 Å². The number of hydrogen-bond donors (Lipinski definition) is 1. The maximum absolute atomic E-state index is 12.6. The van der Waals surface area contributed by atoms with Gasteiger partial charge in [-0.25, -0.2) is 0 Å². The third-order valence-corrected chi connectivity index (χ3v) is 3.91. The molecule has 1 N–H and O–H groups in total. The van der Waals surface area contributed by atoms with E-state index in [1.807, 2.05) is 13.8 Å². The minimum atomic E-state index is -0.491. The van der Waals surface area contributed by atoms with Crippen molar-refractivity contribution in [3.05, 3.63) is 63.2 Å². The lowest BCUT2D eigenvalue weighted by molar-refractivity contribution is -0.384. The van der Waals surface area contributed by atoms with Crippen molar-refractivity contribution in [3.8, 4) is 5.75 Å². The minimum absolute atomic E-state index is 0.0729. The predicted octanol–water partition coefficient (Wildman–Crippen LogP) is 4.48. The maximum atomic E-state index is 12.6. The molecule has 0 saturated carbocycles. The Kier molecular flexibility index (Phi) is 7.31. The molecule has 27 heavy (non-hydrogen) atoms. The molecule has 2 aromatic rings. The summed E-state index contributed by atoms with van der Waals surface area (Å²) in [6.45, 7) is 7.17. The average molecular weight is 372 g/mol. The van der Waals surface area contributed by atoms with Crippen LogP contribution in [0.5, 0.6) is 5.75 Å². The Morgan fingerprint density at radius 2 is 1.96 bits per heavy atom. The van der Waals surface area contributed by atoms with Crippen LogP contribution in [0.1, 0.15) is 41.8 Å². The van der Waals surface area contributed by atoms with Gasteiger partial charge in [-0.3, -0.25) is 14.9 Å². The van der Waals surface area contributed by atoms with E-state index in [2.05, 4.69) is 5.32 Å². The molecule has 2 aromatic carbocycles. The number of nitrogens with zero attached hydrogens (tertiary/aromatic N) is 1. The number of non-ortho nitro benzene ring substituents is 1. The third-order valence-electron chi connectivity index (χ3n) is 3.91. The third kappa shape index (κ3) is 5.52. The number of ether oxygens (including phenoxy) is 2. The largest absolute Gasteiger partial charge is 0.494 e. The summed E-state index contributed by atoms with van der Waals surface area (Å²) >= 11 is 0. The number of carbonyl (C=O) groups is 1. The van der Waals surface area contributed by atoms with Crippen LogP contribution in [-0.4, -0.2) is 24.0 Å². The highest BCUT2D eigenvalue weighted by molar-refractivity contribution is 6.05. The minimum Gasteiger partial charge on any atom is -0.494 e. The normalized spacial score (nSPS) is 10.5. The second-order valence-electron chi connectivity index (χ2n) is 6.02. The number of aryl methyl sites for hydroxylation is 1. The molecule has 0 aliphatic heterocycles. The molecule has 0 aliphatic rings. The zero-order chi connectivity index (χ0) is 19.8. The second-order valence-corrected chi connectivity index (χ2v) is 6.02. The summed E-state index contributed by atoms with van der Waals surface area (Å²) < 4.78 is 11.2. The van der Waals surface area contributed by atoms with E-state index in [-0.39, 0.29) is 11.6 Å². The highest BCUT2D eigenvalue weighted by atomic mass is 16.6. The Balaban J connectivity index is 2.24. The maximum Gasteiger partial charge on any atom is 0.271 e. The molecule has 0 unspecified atom stereocenters. The van der Waals surface area contributed by atoms with E-state index >= 15 is 0 Å². The molecule has 0 radical (unpaired) electrons. The van der Waals surface area contributed by atoms with Gasteiger partial charge in [-0.1, -0.05) is 13.0 Å². The molecule has 0 heterocycles. The first kappa shape index (κ1) is 20.4. The van der Waals surface area contributed by atoms with Gasteiger partial charge in [-0.05, 0) is 44.0 Å². The average Bonchev–Trinajstić information content (AvgIpc) is 2.64. The van der Waals surface area contributed by atoms with Gasteiger partial charge in [0.05, 0.1) is 23.8 Å². The molecule has 144 valence electrons. The van der Waals surface area contributed by atoms with Crippen LogP contribution in [0.3, 0.4) is 0 Å². The van der Waals surface area contributed by atoms with Gasteiger partial charge in [0, 0.05) is 29.9 Å². The first-order chi connectivity index (χ1) is 13.0. The molecular weight excluding hydrogens is 348 g/mol. The Morgan fingerprint density at radius 3 is 2.63 bits per heavy atom. The molecule has 0 spiro atoms. The lowest BCUT2D eigenvalue weighted by Gasteiger charge is -2.13. The zero-order valence-electron chi connectivity index (χ0n) is 15.8. The number of anilines is 1. The Morgan fingerprint density at radius 1 is 1.19 bits per heavy atom. The van der Waals surface area contributed by atoms with Gasteiger partial charge in [0.1, 0.15) is 5.75 Å². The Hall–Kier alpha value is -2.93. The fourth-order valence-corrected chi connectivity index (χ4v) is 2.51. The van der Waals surface area contributed by atoms with Crippen LogP contribution in [0.25, 0.3) is 0 Å².